The molecule has 0 aliphatic rings. The first-order chi connectivity index (χ1) is 9.81. The third kappa shape index (κ3) is 4.26. The molecule has 0 atom stereocenters. The Bertz CT molecular complexity index is 460. The summed E-state index contributed by atoms with van der Waals surface area (Å²) in [4.78, 5) is 0. The highest BCUT2D eigenvalue weighted by Crippen LogP contribution is 2.14. The second-order valence-corrected chi connectivity index (χ2v) is 4.82. The summed E-state index contributed by atoms with van der Waals surface area (Å²) in [6.45, 7) is 0. The van der Waals surface area contributed by atoms with E-state index >= 15 is 0 Å². The van der Waals surface area contributed by atoms with Crippen LogP contribution in [0.1, 0.15) is 24.0 Å². The van der Waals surface area contributed by atoms with Gasteiger partial charge in [0.25, 0.3) is 0 Å². The fourth-order valence-electron chi connectivity index (χ4n) is 2.15. The number of benzene rings is 2. The van der Waals surface area contributed by atoms with Gasteiger partial charge >= 0.3 is 0 Å². The van der Waals surface area contributed by atoms with E-state index in [4.69, 9.17) is 10.4 Å². The maximum absolute atomic E-state index is 8.74. The molecule has 2 aromatic rings. The maximum Gasteiger partial charge on any atom is 0.0602 e. The highest BCUT2D eigenvalue weighted by Gasteiger charge is 1.97. The quantitative estimate of drug-likeness (QED) is 0.456. The molecule has 0 saturated carbocycles. The first-order valence-corrected chi connectivity index (χ1v) is 6.80. The first-order valence-electron chi connectivity index (χ1n) is 6.80. The second kappa shape index (κ2) is 7.53. The molecule has 0 heterocycles. The van der Waals surface area contributed by atoms with Crippen LogP contribution in [0, 0.1) is 0 Å². The summed E-state index contributed by atoms with van der Waals surface area (Å²) in [7, 11) is 0. The van der Waals surface area contributed by atoms with E-state index in [1.165, 1.54) is 11.1 Å². The van der Waals surface area contributed by atoms with Crippen molar-refractivity contribution in [1.29, 1.82) is 0 Å². The van der Waals surface area contributed by atoms with Crippen molar-refractivity contribution in [3.8, 4) is 0 Å². The number of hydrogen-bond donors (Lipinski definition) is 4. The van der Waals surface area contributed by atoms with E-state index in [1.807, 2.05) is 48.5 Å². The van der Waals surface area contributed by atoms with Crippen molar-refractivity contribution in [2.24, 2.45) is 0 Å². The Labute approximate surface area is 119 Å². The minimum absolute atomic E-state index is 0.714. The molecule has 4 heteroatoms. The van der Waals surface area contributed by atoms with Crippen LogP contribution >= 0.6 is 0 Å². The average molecular weight is 272 g/mol. The van der Waals surface area contributed by atoms with Crippen molar-refractivity contribution in [3.63, 3.8) is 0 Å². The number of hydrogen-bond acceptors (Lipinski definition) is 4. The molecule has 0 radical (unpaired) electrons. The molecule has 106 valence electrons. The van der Waals surface area contributed by atoms with E-state index in [9.17, 15) is 0 Å². The van der Waals surface area contributed by atoms with Gasteiger partial charge in [0, 0.05) is 0 Å². The maximum atomic E-state index is 8.74. The lowest BCUT2D eigenvalue weighted by atomic mass is 10.0. The Morgan fingerprint density at radius 2 is 0.950 bits per heavy atom. The number of aryl methyl sites for hydroxylation is 2. The van der Waals surface area contributed by atoms with Crippen LogP contribution in [0.25, 0.3) is 0 Å². The minimum atomic E-state index is 0.714. The third-order valence-electron chi connectivity index (χ3n) is 3.35. The van der Waals surface area contributed by atoms with Gasteiger partial charge in [0.05, 0.1) is 11.4 Å². The summed E-state index contributed by atoms with van der Waals surface area (Å²) >= 11 is 0. The number of unbranched alkanes of at least 4 members (excludes halogenated alkanes) is 1. The molecule has 0 spiro atoms. The Morgan fingerprint density at radius 3 is 1.25 bits per heavy atom. The number of anilines is 2. The lowest BCUT2D eigenvalue weighted by molar-refractivity contribution is 0.388. The van der Waals surface area contributed by atoms with Gasteiger partial charge in [-0.2, -0.15) is 0 Å². The molecule has 0 fully saturated rings. The van der Waals surface area contributed by atoms with Crippen LogP contribution in [-0.4, -0.2) is 10.4 Å². The molecule has 20 heavy (non-hydrogen) atoms. The zero-order chi connectivity index (χ0) is 14.2. The van der Waals surface area contributed by atoms with Gasteiger partial charge in [-0.15, -0.1) is 0 Å². The predicted molar refractivity (Wildman–Crippen MR) is 80.3 cm³/mol. The van der Waals surface area contributed by atoms with E-state index in [-0.39, 0.29) is 0 Å². The van der Waals surface area contributed by atoms with Gasteiger partial charge in [0.15, 0.2) is 0 Å². The molecule has 0 saturated heterocycles. The Kier molecular flexibility index (Phi) is 5.41. The van der Waals surface area contributed by atoms with Crippen molar-refractivity contribution in [1.82, 2.24) is 0 Å². The van der Waals surface area contributed by atoms with Gasteiger partial charge in [-0.05, 0) is 61.1 Å². The Hall–Kier alpha value is -2.04. The zero-order valence-electron chi connectivity index (χ0n) is 11.3. The number of nitrogens with one attached hydrogen (secondary N) is 2. The summed E-state index contributed by atoms with van der Waals surface area (Å²) in [5.41, 5.74) is 8.25. The van der Waals surface area contributed by atoms with Crippen molar-refractivity contribution in [2.75, 3.05) is 11.0 Å². The van der Waals surface area contributed by atoms with E-state index in [0.29, 0.717) is 11.4 Å². The standard InChI is InChI=1S/C16H20N2O2/c19-17-15-9-5-13(6-10-15)3-1-2-4-14-7-11-16(18-20)12-8-14/h5-12,17-20H,1-4H2. The van der Waals surface area contributed by atoms with Gasteiger partial charge in [-0.3, -0.25) is 21.4 Å². The van der Waals surface area contributed by atoms with Gasteiger partial charge in [0.1, 0.15) is 0 Å². The van der Waals surface area contributed by atoms with Gasteiger partial charge in [-0.25, -0.2) is 0 Å². The predicted octanol–water partition coefficient (Wildman–Crippen LogP) is 3.85. The van der Waals surface area contributed by atoms with Crippen LogP contribution in [0.15, 0.2) is 48.5 Å². The lowest BCUT2D eigenvalue weighted by Crippen LogP contribution is -1.92. The molecule has 0 aromatic heterocycles. The molecule has 0 aliphatic carbocycles. The highest BCUT2D eigenvalue weighted by atomic mass is 16.5. The highest BCUT2D eigenvalue weighted by molar-refractivity contribution is 5.43. The summed E-state index contributed by atoms with van der Waals surface area (Å²) in [6.07, 6.45) is 4.35. The Morgan fingerprint density at radius 1 is 0.600 bits per heavy atom. The van der Waals surface area contributed by atoms with Crippen molar-refractivity contribution < 1.29 is 10.4 Å². The van der Waals surface area contributed by atoms with Crippen LogP contribution in [0.2, 0.25) is 0 Å². The molecular weight excluding hydrogens is 252 g/mol. The first kappa shape index (κ1) is 14.4. The largest absolute Gasteiger partial charge is 0.291 e. The molecule has 0 unspecified atom stereocenters. The van der Waals surface area contributed by atoms with Gasteiger partial charge in [0.2, 0.25) is 0 Å². The SMILES string of the molecule is ONc1ccc(CCCCc2ccc(NO)cc2)cc1. The Balaban J connectivity index is 1.72. The normalized spacial score (nSPS) is 10.3. The zero-order valence-corrected chi connectivity index (χ0v) is 11.3. The van der Waals surface area contributed by atoms with Gasteiger partial charge in [-0.1, -0.05) is 24.3 Å². The average Bonchev–Trinajstić information content (AvgIpc) is 2.53. The molecule has 4 N–H and O–H groups in total. The smallest absolute Gasteiger partial charge is 0.0602 e. The summed E-state index contributed by atoms with van der Waals surface area (Å²) in [6, 6.07) is 15.6. The van der Waals surface area contributed by atoms with Crippen LogP contribution in [-0.2, 0) is 12.8 Å². The van der Waals surface area contributed by atoms with Crippen molar-refractivity contribution in [2.45, 2.75) is 25.7 Å². The number of rotatable bonds is 7. The van der Waals surface area contributed by atoms with Crippen molar-refractivity contribution in [3.05, 3.63) is 59.7 Å². The van der Waals surface area contributed by atoms with E-state index < -0.39 is 0 Å². The second-order valence-electron chi connectivity index (χ2n) is 4.82. The summed E-state index contributed by atoms with van der Waals surface area (Å²) in [5.74, 6) is 0. The monoisotopic (exact) mass is 272 g/mol. The van der Waals surface area contributed by atoms with Crippen LogP contribution in [0.4, 0.5) is 11.4 Å². The third-order valence-corrected chi connectivity index (χ3v) is 3.35. The minimum Gasteiger partial charge on any atom is -0.291 e. The van der Waals surface area contributed by atoms with Crippen LogP contribution in [0.5, 0.6) is 0 Å². The molecule has 2 aromatic carbocycles. The van der Waals surface area contributed by atoms with E-state index in [0.717, 1.165) is 25.7 Å². The van der Waals surface area contributed by atoms with Gasteiger partial charge < -0.3 is 0 Å². The van der Waals surface area contributed by atoms with E-state index in [2.05, 4.69) is 11.0 Å². The van der Waals surface area contributed by atoms with Crippen LogP contribution in [0.3, 0.4) is 0 Å². The summed E-state index contributed by atoms with van der Waals surface area (Å²) in [5, 5.41) is 17.5. The van der Waals surface area contributed by atoms with Crippen molar-refractivity contribution >= 4 is 11.4 Å². The molecule has 0 bridgehead atoms. The molecule has 2 rings (SSSR count). The fourth-order valence-corrected chi connectivity index (χ4v) is 2.15. The fraction of sp³-hybridized carbons (Fsp3) is 0.250. The van der Waals surface area contributed by atoms with E-state index in [1.54, 1.807) is 0 Å². The molecule has 4 nitrogen and oxygen atoms in total. The molecular formula is C16H20N2O2. The molecule has 0 aliphatic heterocycles. The van der Waals surface area contributed by atoms with Crippen LogP contribution < -0.4 is 11.0 Å². The lowest BCUT2D eigenvalue weighted by Gasteiger charge is -2.05. The summed E-state index contributed by atoms with van der Waals surface area (Å²) < 4.78 is 0. The topological polar surface area (TPSA) is 64.5 Å². The molecule has 0 amide bonds.